The first-order valence-corrected chi connectivity index (χ1v) is 6.96. The van der Waals surface area contributed by atoms with Crippen LogP contribution in [0.1, 0.15) is 11.1 Å². The van der Waals surface area contributed by atoms with Crippen LogP contribution in [0.3, 0.4) is 0 Å². The molecule has 0 atom stereocenters. The van der Waals surface area contributed by atoms with Gasteiger partial charge in [0.25, 0.3) is 0 Å². The number of benzene rings is 2. The van der Waals surface area contributed by atoms with E-state index in [2.05, 4.69) is 47.2 Å². The average Bonchev–Trinajstić information content (AvgIpc) is 3.15. The van der Waals surface area contributed by atoms with Crippen molar-refractivity contribution in [1.29, 1.82) is 0 Å². The molecular formula is C17H13IrN4O-. The van der Waals surface area contributed by atoms with Gasteiger partial charge in [-0.05, 0) is 25.0 Å². The van der Waals surface area contributed by atoms with Crippen molar-refractivity contribution < 1.29 is 24.5 Å². The monoisotopic (exact) mass is 482 g/mol. The van der Waals surface area contributed by atoms with Gasteiger partial charge in [-0.15, -0.1) is 17.2 Å². The van der Waals surface area contributed by atoms with Crippen molar-refractivity contribution >= 4 is 11.1 Å². The van der Waals surface area contributed by atoms with E-state index >= 15 is 0 Å². The predicted octanol–water partition coefficient (Wildman–Crippen LogP) is 3.49. The number of fused-ring (bicyclic) bond motifs is 1. The van der Waals surface area contributed by atoms with E-state index in [1.54, 1.807) is 6.33 Å². The Balaban J connectivity index is 0.00000156. The summed E-state index contributed by atoms with van der Waals surface area (Å²) < 4.78 is 7.34. The number of aryl methyl sites for hydroxylation is 2. The zero-order valence-electron chi connectivity index (χ0n) is 12.6. The Hall–Kier alpha value is -2.30. The van der Waals surface area contributed by atoms with Crippen LogP contribution in [-0.4, -0.2) is 19.7 Å². The van der Waals surface area contributed by atoms with Gasteiger partial charge in [0.15, 0.2) is 6.39 Å². The Morgan fingerprint density at radius 2 is 1.91 bits per heavy atom. The maximum absolute atomic E-state index is 5.36. The normalized spacial score (nSPS) is 10.7. The fourth-order valence-corrected chi connectivity index (χ4v) is 2.76. The molecule has 0 N–H and O–H groups in total. The fourth-order valence-electron chi connectivity index (χ4n) is 2.76. The van der Waals surface area contributed by atoms with Crippen LogP contribution in [0.4, 0.5) is 0 Å². The van der Waals surface area contributed by atoms with Gasteiger partial charge in [-0.3, -0.25) is 4.98 Å². The molecule has 23 heavy (non-hydrogen) atoms. The second-order valence-electron chi connectivity index (χ2n) is 5.18. The van der Waals surface area contributed by atoms with E-state index in [9.17, 15) is 0 Å². The first-order chi connectivity index (χ1) is 10.8. The molecule has 0 bridgehead atoms. The third-order valence-corrected chi connectivity index (χ3v) is 3.75. The van der Waals surface area contributed by atoms with Gasteiger partial charge in [-0.1, -0.05) is 29.8 Å². The molecule has 0 aliphatic rings. The van der Waals surface area contributed by atoms with Crippen molar-refractivity contribution in [3.63, 3.8) is 0 Å². The zero-order valence-corrected chi connectivity index (χ0v) is 15.0. The molecule has 0 aliphatic heterocycles. The van der Waals surface area contributed by atoms with Crippen LogP contribution in [0.5, 0.6) is 0 Å². The first kappa shape index (κ1) is 15.6. The van der Waals surface area contributed by atoms with Crippen LogP contribution < -0.4 is 0 Å². The largest absolute Gasteiger partial charge is 0.464 e. The van der Waals surface area contributed by atoms with Gasteiger partial charge in [-0.25, -0.2) is 0 Å². The Labute approximate surface area is 146 Å². The third kappa shape index (κ3) is 2.50. The van der Waals surface area contributed by atoms with Crippen LogP contribution in [0.2, 0.25) is 0 Å². The maximum Gasteiger partial charge on any atom is 0.170 e. The number of nitrogens with zero attached hydrogens (tertiary/aromatic N) is 4. The minimum atomic E-state index is 0. The molecule has 2 heterocycles. The smallest absolute Gasteiger partial charge is 0.170 e. The van der Waals surface area contributed by atoms with Gasteiger partial charge >= 0.3 is 0 Å². The van der Waals surface area contributed by atoms with Gasteiger partial charge in [0.1, 0.15) is 6.33 Å². The van der Waals surface area contributed by atoms with Crippen LogP contribution in [0, 0.1) is 19.9 Å². The first-order valence-electron chi connectivity index (χ1n) is 6.96. The van der Waals surface area contributed by atoms with E-state index in [1.807, 2.05) is 22.8 Å². The number of hydrogen-bond acceptors (Lipinski definition) is 4. The van der Waals surface area contributed by atoms with Crippen molar-refractivity contribution in [1.82, 2.24) is 19.7 Å². The molecule has 0 saturated heterocycles. The van der Waals surface area contributed by atoms with Gasteiger partial charge in [0.05, 0.1) is 11.4 Å². The van der Waals surface area contributed by atoms with Crippen molar-refractivity contribution in [2.24, 2.45) is 0 Å². The van der Waals surface area contributed by atoms with Crippen molar-refractivity contribution in [2.75, 3.05) is 0 Å². The molecular weight excluding hydrogens is 468 g/mol. The van der Waals surface area contributed by atoms with Gasteiger partial charge in [-0.2, -0.15) is 5.10 Å². The van der Waals surface area contributed by atoms with E-state index in [0.29, 0.717) is 11.4 Å². The van der Waals surface area contributed by atoms with E-state index in [-0.39, 0.29) is 20.1 Å². The number of oxazole rings is 1. The summed E-state index contributed by atoms with van der Waals surface area (Å²) >= 11 is 0. The van der Waals surface area contributed by atoms with E-state index in [4.69, 9.17) is 4.42 Å². The summed E-state index contributed by atoms with van der Waals surface area (Å²) in [7, 11) is 0. The molecule has 0 spiro atoms. The van der Waals surface area contributed by atoms with Crippen molar-refractivity contribution in [3.05, 3.63) is 60.2 Å². The van der Waals surface area contributed by atoms with Gasteiger partial charge in [0, 0.05) is 31.3 Å². The Kier molecular flexibility index (Phi) is 4.11. The molecule has 4 aromatic rings. The van der Waals surface area contributed by atoms with Crippen LogP contribution >= 0.6 is 0 Å². The molecule has 0 saturated carbocycles. The molecule has 4 rings (SSSR count). The summed E-state index contributed by atoms with van der Waals surface area (Å²) in [4.78, 5) is 4.28. The SMILES string of the molecule is Cc1cccc(C)c1-n1cnnc1-c1[c-]ccc2ocnc12.[Ir]. The molecule has 1 radical (unpaired) electrons. The summed E-state index contributed by atoms with van der Waals surface area (Å²) in [6, 6.07) is 13.1. The zero-order chi connectivity index (χ0) is 15.1. The fraction of sp³-hybridized carbons (Fsp3) is 0.118. The van der Waals surface area contributed by atoms with E-state index in [0.717, 1.165) is 27.9 Å². The summed E-state index contributed by atoms with van der Waals surface area (Å²) in [5, 5.41) is 8.36. The number of aromatic nitrogens is 4. The van der Waals surface area contributed by atoms with E-state index in [1.165, 1.54) is 6.39 Å². The molecule has 0 amide bonds. The second-order valence-corrected chi connectivity index (χ2v) is 5.18. The molecule has 5 nitrogen and oxygen atoms in total. The number of rotatable bonds is 2. The maximum atomic E-state index is 5.36. The molecule has 0 aliphatic carbocycles. The minimum absolute atomic E-state index is 0. The molecule has 2 aromatic heterocycles. The summed E-state index contributed by atoms with van der Waals surface area (Å²) in [5.41, 5.74) is 5.64. The Bertz CT molecular complexity index is 953. The van der Waals surface area contributed by atoms with Crippen LogP contribution in [0.25, 0.3) is 28.2 Å². The number of para-hydroxylation sites is 1. The quantitative estimate of drug-likeness (QED) is 0.412. The van der Waals surface area contributed by atoms with Crippen molar-refractivity contribution in [2.45, 2.75) is 13.8 Å². The summed E-state index contributed by atoms with van der Waals surface area (Å²) in [5.74, 6) is 0.705. The Morgan fingerprint density at radius 3 is 2.70 bits per heavy atom. The summed E-state index contributed by atoms with van der Waals surface area (Å²) in [6.07, 6.45) is 3.15. The summed E-state index contributed by atoms with van der Waals surface area (Å²) in [6.45, 7) is 4.15. The van der Waals surface area contributed by atoms with E-state index < -0.39 is 0 Å². The second kappa shape index (κ2) is 6.07. The molecule has 6 heteroatoms. The Morgan fingerprint density at radius 1 is 1.13 bits per heavy atom. The van der Waals surface area contributed by atoms with Gasteiger partial charge in [0.2, 0.25) is 0 Å². The molecule has 0 unspecified atom stereocenters. The standard InChI is InChI=1S/C17H13N4O.Ir/c1-11-5-3-6-12(2)16(11)21-9-19-20-17(21)13-7-4-8-14-15(13)18-10-22-14;/h3-6,8-10H,1-2H3;/q-1;. The molecule has 0 fully saturated rings. The van der Waals surface area contributed by atoms with Crippen molar-refractivity contribution in [3.8, 4) is 17.1 Å². The average molecular weight is 482 g/mol. The van der Waals surface area contributed by atoms with Gasteiger partial charge < -0.3 is 8.98 Å². The molecule has 2 aromatic carbocycles. The number of hydrogen-bond donors (Lipinski definition) is 0. The third-order valence-electron chi connectivity index (χ3n) is 3.75. The van der Waals surface area contributed by atoms with Crippen LogP contribution in [0.15, 0.2) is 47.5 Å². The predicted molar refractivity (Wildman–Crippen MR) is 82.7 cm³/mol. The van der Waals surface area contributed by atoms with Crippen LogP contribution in [-0.2, 0) is 20.1 Å². The minimum Gasteiger partial charge on any atom is -0.464 e. The topological polar surface area (TPSA) is 56.7 Å². The molecule has 117 valence electrons.